The van der Waals surface area contributed by atoms with Gasteiger partial charge in [-0.05, 0) is 74.8 Å². The number of Topliss-reactive ketones (excluding diaryl/α,β-unsaturated/α-hetero) is 1. The fourth-order valence-electron chi connectivity index (χ4n) is 3.74. The fourth-order valence-corrected chi connectivity index (χ4v) is 3.86. The maximum atomic E-state index is 12.6. The summed E-state index contributed by atoms with van der Waals surface area (Å²) in [6, 6.07) is 1.95. The second kappa shape index (κ2) is 15.1. The van der Waals surface area contributed by atoms with E-state index in [0.29, 0.717) is 24.4 Å². The van der Waals surface area contributed by atoms with Crippen LogP contribution < -0.4 is 0 Å². The van der Waals surface area contributed by atoms with Gasteiger partial charge in [-0.15, -0.1) is 5.73 Å². The molecule has 0 spiro atoms. The van der Waals surface area contributed by atoms with Crippen molar-refractivity contribution in [2.45, 2.75) is 65.8 Å². The van der Waals surface area contributed by atoms with Gasteiger partial charge in [-0.25, -0.2) is 0 Å². The first kappa shape index (κ1) is 27.4. The molecule has 0 bridgehead atoms. The molecule has 1 aromatic heterocycles. The number of hydrogen-bond donors (Lipinski definition) is 0. The lowest BCUT2D eigenvalue weighted by atomic mass is 9.94. The summed E-state index contributed by atoms with van der Waals surface area (Å²) in [6.07, 6.45) is 25.2. The van der Waals surface area contributed by atoms with E-state index in [4.69, 9.17) is 11.6 Å². The van der Waals surface area contributed by atoms with Crippen LogP contribution in [-0.4, -0.2) is 15.6 Å². The topological polar surface area (TPSA) is 34.9 Å². The molecule has 34 heavy (non-hydrogen) atoms. The Morgan fingerprint density at radius 1 is 1.41 bits per heavy atom. The molecule has 0 amide bonds. The molecular weight excluding hydrogens is 440 g/mol. The number of aromatic nitrogens is 2. The van der Waals surface area contributed by atoms with Crippen LogP contribution in [0.5, 0.6) is 0 Å². The highest BCUT2D eigenvalue weighted by Gasteiger charge is 2.10. The smallest absolute Gasteiger partial charge is 0.138 e. The Morgan fingerprint density at radius 2 is 2.24 bits per heavy atom. The van der Waals surface area contributed by atoms with Gasteiger partial charge in [0, 0.05) is 36.3 Å². The van der Waals surface area contributed by atoms with Gasteiger partial charge < -0.3 is 0 Å². The zero-order chi connectivity index (χ0) is 24.8. The van der Waals surface area contributed by atoms with Crippen LogP contribution in [0.1, 0.15) is 58.1 Å². The molecule has 0 radical (unpaired) electrons. The molecule has 0 fully saturated rings. The summed E-state index contributed by atoms with van der Waals surface area (Å²) in [5.41, 5.74) is 7.51. The zero-order valence-corrected chi connectivity index (χ0v) is 21.5. The lowest BCUT2D eigenvalue weighted by Gasteiger charge is -2.12. The highest BCUT2D eigenvalue weighted by molar-refractivity contribution is 6.32. The van der Waals surface area contributed by atoms with Gasteiger partial charge in [0.2, 0.25) is 0 Å². The van der Waals surface area contributed by atoms with Crippen LogP contribution in [0.15, 0.2) is 101 Å². The third-order valence-corrected chi connectivity index (χ3v) is 5.99. The van der Waals surface area contributed by atoms with Gasteiger partial charge in [0.15, 0.2) is 0 Å². The van der Waals surface area contributed by atoms with Crippen molar-refractivity contribution in [3.63, 3.8) is 0 Å². The zero-order valence-electron chi connectivity index (χ0n) is 20.8. The van der Waals surface area contributed by atoms with Gasteiger partial charge in [0.05, 0.1) is 0 Å². The lowest BCUT2D eigenvalue weighted by molar-refractivity contribution is -0.118. The molecule has 0 N–H and O–H groups in total. The fraction of sp³-hybridized carbons (Fsp3) is 0.367. The monoisotopic (exact) mass is 476 g/mol. The van der Waals surface area contributed by atoms with Crippen molar-refractivity contribution in [3.8, 4) is 0 Å². The standard InChI is InChI=1S/C30H37ClN2O/c1-5-12-28(16-15-27-13-10-8-7-9-11-14-27)22-29(25(4)31)21-26(6-2)23-30(34)18-20-33-24(3)17-19-32-33/h5,8-10,12-14,17,19,21-22,28H,4,6-7,15-16,18,20,23H2,1-3H3/b10-8?,12-5?,26-21+,27-13?,29-22?. The number of rotatable bonds is 13. The number of hydrogen-bond acceptors (Lipinski definition) is 2. The molecule has 0 saturated heterocycles. The van der Waals surface area contributed by atoms with Crippen molar-refractivity contribution in [2.75, 3.05) is 0 Å². The van der Waals surface area contributed by atoms with Gasteiger partial charge >= 0.3 is 0 Å². The van der Waals surface area contributed by atoms with Crippen molar-refractivity contribution in [3.05, 3.63) is 107 Å². The van der Waals surface area contributed by atoms with E-state index in [2.05, 4.69) is 66.9 Å². The summed E-state index contributed by atoms with van der Waals surface area (Å²) in [5.74, 6) is 0.424. The van der Waals surface area contributed by atoms with Crippen molar-refractivity contribution >= 4 is 17.4 Å². The number of nitrogens with zero attached hydrogens (tertiary/aromatic N) is 2. The summed E-state index contributed by atoms with van der Waals surface area (Å²) in [6.45, 7) is 10.7. The molecule has 1 heterocycles. The summed E-state index contributed by atoms with van der Waals surface area (Å²) >= 11 is 6.39. The molecule has 1 aromatic rings. The molecule has 1 aliphatic carbocycles. The van der Waals surface area contributed by atoms with Crippen LogP contribution in [0, 0.1) is 12.8 Å². The highest BCUT2D eigenvalue weighted by atomic mass is 35.5. The number of allylic oxidation sites excluding steroid dienone is 12. The molecule has 1 aliphatic rings. The van der Waals surface area contributed by atoms with E-state index in [0.717, 1.165) is 42.5 Å². The molecule has 0 saturated carbocycles. The molecule has 0 aliphatic heterocycles. The number of aryl methyl sites for hydroxylation is 2. The Kier molecular flexibility index (Phi) is 12.2. The predicted octanol–water partition coefficient (Wildman–Crippen LogP) is 8.13. The Balaban J connectivity index is 2.09. The summed E-state index contributed by atoms with van der Waals surface area (Å²) in [7, 11) is 0. The molecule has 0 aromatic carbocycles. The van der Waals surface area contributed by atoms with E-state index in [-0.39, 0.29) is 11.7 Å². The quantitative estimate of drug-likeness (QED) is 0.163. The molecule has 3 nitrogen and oxygen atoms in total. The first-order valence-corrected chi connectivity index (χ1v) is 12.5. The SMILES string of the molecule is C=C(Cl)C(=CC(C=CC)CCC1=CC=CCC=C=C1)/C=C(\CC)CC(=O)CCn1nccc1C. The molecule has 4 heteroatoms. The summed E-state index contributed by atoms with van der Waals surface area (Å²) < 4.78 is 1.87. The van der Waals surface area contributed by atoms with Crippen LogP contribution in [0.25, 0.3) is 0 Å². The number of carbonyl (C=O) groups excluding carboxylic acids is 1. The van der Waals surface area contributed by atoms with Gasteiger partial charge in [-0.3, -0.25) is 9.48 Å². The Labute approximate surface area is 210 Å². The maximum absolute atomic E-state index is 12.6. The van der Waals surface area contributed by atoms with Crippen molar-refractivity contribution < 1.29 is 4.79 Å². The number of ketones is 1. The number of carbonyl (C=O) groups is 1. The Bertz CT molecular complexity index is 1060. The van der Waals surface area contributed by atoms with Crippen molar-refractivity contribution in [1.82, 2.24) is 9.78 Å². The lowest BCUT2D eigenvalue weighted by Crippen LogP contribution is -2.09. The second-order valence-electron chi connectivity index (χ2n) is 8.49. The minimum Gasteiger partial charge on any atom is -0.299 e. The van der Waals surface area contributed by atoms with Crippen LogP contribution in [0.4, 0.5) is 0 Å². The normalized spacial score (nSPS) is 15.4. The van der Waals surface area contributed by atoms with Crippen LogP contribution >= 0.6 is 11.6 Å². The van der Waals surface area contributed by atoms with E-state index in [1.165, 1.54) is 5.57 Å². The first-order chi connectivity index (χ1) is 16.4. The largest absolute Gasteiger partial charge is 0.299 e. The molecular formula is C30H37ClN2O. The molecule has 1 atom stereocenters. The van der Waals surface area contributed by atoms with E-state index in [9.17, 15) is 4.79 Å². The minimum absolute atomic E-state index is 0.205. The van der Waals surface area contributed by atoms with Gasteiger partial charge in [0.25, 0.3) is 0 Å². The van der Waals surface area contributed by atoms with Gasteiger partial charge in [0.1, 0.15) is 5.78 Å². The van der Waals surface area contributed by atoms with Gasteiger partial charge in [-0.2, -0.15) is 5.10 Å². The van der Waals surface area contributed by atoms with Crippen molar-refractivity contribution in [2.24, 2.45) is 5.92 Å². The second-order valence-corrected chi connectivity index (χ2v) is 8.95. The summed E-state index contributed by atoms with van der Waals surface area (Å²) in [4.78, 5) is 12.6. The molecule has 2 rings (SSSR count). The third-order valence-electron chi connectivity index (χ3n) is 5.77. The maximum Gasteiger partial charge on any atom is 0.138 e. The van der Waals surface area contributed by atoms with E-state index in [1.807, 2.05) is 36.7 Å². The average Bonchev–Trinajstić information content (AvgIpc) is 3.20. The molecule has 1 unspecified atom stereocenters. The van der Waals surface area contributed by atoms with Crippen LogP contribution in [0.3, 0.4) is 0 Å². The average molecular weight is 477 g/mol. The van der Waals surface area contributed by atoms with Crippen LogP contribution in [0.2, 0.25) is 0 Å². The predicted molar refractivity (Wildman–Crippen MR) is 145 cm³/mol. The minimum atomic E-state index is 0.205. The van der Waals surface area contributed by atoms with Crippen LogP contribution in [-0.2, 0) is 11.3 Å². The Hall–Kier alpha value is -2.87. The van der Waals surface area contributed by atoms with E-state index >= 15 is 0 Å². The van der Waals surface area contributed by atoms with Gasteiger partial charge in [-0.1, -0.05) is 73.2 Å². The van der Waals surface area contributed by atoms with E-state index in [1.54, 1.807) is 6.20 Å². The highest BCUT2D eigenvalue weighted by Crippen LogP contribution is 2.25. The van der Waals surface area contributed by atoms with E-state index < -0.39 is 0 Å². The molecule has 180 valence electrons. The summed E-state index contributed by atoms with van der Waals surface area (Å²) in [5, 5.41) is 4.76. The Morgan fingerprint density at radius 3 is 2.91 bits per heavy atom. The number of halogens is 1. The third kappa shape index (κ3) is 9.95. The van der Waals surface area contributed by atoms with Crippen molar-refractivity contribution in [1.29, 1.82) is 0 Å². The first-order valence-electron chi connectivity index (χ1n) is 12.1.